The van der Waals surface area contributed by atoms with Crippen LogP contribution in [0.2, 0.25) is 0 Å². The highest BCUT2D eigenvalue weighted by molar-refractivity contribution is 6.04. The first-order valence-corrected chi connectivity index (χ1v) is 11.0. The van der Waals surface area contributed by atoms with E-state index in [-0.39, 0.29) is 5.91 Å². The number of nitrogens with one attached hydrogen (secondary N) is 2. The molecule has 3 aromatic carbocycles. The van der Waals surface area contributed by atoms with E-state index in [0.717, 1.165) is 31.5 Å². The minimum absolute atomic E-state index is 0.299. The third kappa shape index (κ3) is 4.41. The van der Waals surface area contributed by atoms with Gasteiger partial charge in [-0.1, -0.05) is 12.1 Å². The highest BCUT2D eigenvalue weighted by atomic mass is 16.5. The average molecular weight is 466 g/mol. The molecule has 178 valence electrons. The third-order valence-electron chi connectivity index (χ3n) is 5.92. The van der Waals surface area contributed by atoms with Crippen LogP contribution in [0.1, 0.15) is 28.8 Å². The molecule has 1 fully saturated rings. The molecule has 9 heteroatoms. The molecule has 0 aliphatic carbocycles. The Kier molecular flexibility index (Phi) is 6.72. The summed E-state index contributed by atoms with van der Waals surface area (Å²) in [5.41, 5.74) is 1.85. The second-order valence-corrected chi connectivity index (χ2v) is 7.99. The summed E-state index contributed by atoms with van der Waals surface area (Å²) in [4.78, 5) is 38.7. The lowest BCUT2D eigenvalue weighted by atomic mass is 10.1. The topological polar surface area (TPSA) is 106 Å². The van der Waals surface area contributed by atoms with E-state index in [1.54, 1.807) is 36.4 Å². The molecular weight excluding hydrogens is 438 g/mol. The van der Waals surface area contributed by atoms with Gasteiger partial charge in [-0.2, -0.15) is 0 Å². The maximum Gasteiger partial charge on any atom is 0.255 e. The first-order chi connectivity index (χ1) is 16.5. The normalized spacial score (nSPS) is 13.1. The first-order valence-electron chi connectivity index (χ1n) is 11.0. The lowest BCUT2D eigenvalue weighted by molar-refractivity contribution is 0.102. The lowest BCUT2D eigenvalue weighted by Crippen LogP contribution is -2.41. The van der Waals surface area contributed by atoms with Crippen molar-refractivity contribution in [3.8, 4) is 17.2 Å². The molecule has 0 saturated carbocycles. The number of carbonyl (C=O) groups is 1. The molecule has 0 bridgehead atoms. The van der Waals surface area contributed by atoms with Crippen LogP contribution < -0.4 is 40.6 Å². The Morgan fingerprint density at radius 3 is 2.09 bits per heavy atom. The maximum atomic E-state index is 12.7. The van der Waals surface area contributed by atoms with Crippen LogP contribution in [0.5, 0.6) is 17.2 Å². The van der Waals surface area contributed by atoms with Gasteiger partial charge in [-0.05, 0) is 30.5 Å². The number of hydrogen-bond donors (Lipinski definition) is 2. The summed E-state index contributed by atoms with van der Waals surface area (Å²) in [5, 5.41) is 5.92. The van der Waals surface area contributed by atoms with Crippen LogP contribution in [0, 0.1) is 0 Å². The average Bonchev–Trinajstić information content (AvgIpc) is 3.39. The number of amides is 1. The molecule has 3 aromatic rings. The summed E-state index contributed by atoms with van der Waals surface area (Å²) < 4.78 is 15.9. The minimum Gasteiger partial charge on any atom is -0.493 e. The molecule has 4 rings (SSSR count). The van der Waals surface area contributed by atoms with Crippen molar-refractivity contribution in [1.82, 2.24) is 0 Å². The van der Waals surface area contributed by atoms with Crippen molar-refractivity contribution in [3.63, 3.8) is 0 Å². The Morgan fingerprint density at radius 1 is 0.912 bits per heavy atom. The molecule has 2 N–H and O–H groups in total. The number of benzene rings is 2. The van der Waals surface area contributed by atoms with Crippen LogP contribution in [-0.2, 0) is 6.54 Å². The Labute approximate surface area is 196 Å². The van der Waals surface area contributed by atoms with Gasteiger partial charge in [0, 0.05) is 43.0 Å². The maximum absolute atomic E-state index is 12.7. The van der Waals surface area contributed by atoms with Crippen molar-refractivity contribution in [1.29, 1.82) is 0 Å². The lowest BCUT2D eigenvalue weighted by Gasteiger charge is -2.22. The fourth-order valence-electron chi connectivity index (χ4n) is 4.11. The third-order valence-corrected chi connectivity index (χ3v) is 5.92. The van der Waals surface area contributed by atoms with Gasteiger partial charge < -0.3 is 29.7 Å². The molecule has 1 aliphatic heterocycles. The van der Waals surface area contributed by atoms with Gasteiger partial charge in [-0.3, -0.25) is 14.4 Å². The van der Waals surface area contributed by atoms with Gasteiger partial charge in [0.15, 0.2) is 11.5 Å². The monoisotopic (exact) mass is 465 g/mol. The van der Waals surface area contributed by atoms with Crippen LogP contribution in [-0.4, -0.2) is 40.3 Å². The number of ether oxygens (including phenoxy) is 3. The van der Waals surface area contributed by atoms with E-state index in [1.807, 2.05) is 4.90 Å². The number of rotatable bonds is 9. The zero-order valence-electron chi connectivity index (χ0n) is 19.4. The van der Waals surface area contributed by atoms with E-state index in [2.05, 4.69) is 10.6 Å². The largest absolute Gasteiger partial charge is 0.493 e. The van der Waals surface area contributed by atoms with Gasteiger partial charge in [-0.15, -0.1) is 0 Å². The van der Waals surface area contributed by atoms with E-state index in [9.17, 15) is 14.4 Å². The molecule has 0 atom stereocenters. The summed E-state index contributed by atoms with van der Waals surface area (Å²) in [6.07, 6.45) is 2.05. The smallest absolute Gasteiger partial charge is 0.255 e. The molecule has 34 heavy (non-hydrogen) atoms. The van der Waals surface area contributed by atoms with Crippen LogP contribution in [0.25, 0.3) is 0 Å². The van der Waals surface area contributed by atoms with Gasteiger partial charge >= 0.3 is 0 Å². The zero-order chi connectivity index (χ0) is 24.2. The van der Waals surface area contributed by atoms with Crippen LogP contribution in [0.3, 0.4) is 0 Å². The molecule has 0 unspecified atom stereocenters. The standard InChI is InChI=1S/C25H27N3O6/c1-32-18-12-17(13-19(33-2)24(18)34-3)27-25(31)16-8-6-15(7-9-16)14-26-20-21(23(30)22(20)29)28-10-4-5-11-28/h6-9,12-13,26H,4-5,10-11,14H2,1-3H3,(H,27,31). The molecule has 9 nitrogen and oxygen atoms in total. The molecule has 1 saturated heterocycles. The molecule has 0 aromatic heterocycles. The summed E-state index contributed by atoms with van der Waals surface area (Å²) >= 11 is 0. The summed E-state index contributed by atoms with van der Waals surface area (Å²) in [6.45, 7) is 1.98. The van der Waals surface area contributed by atoms with Gasteiger partial charge in [0.2, 0.25) is 5.75 Å². The fourth-order valence-corrected chi connectivity index (χ4v) is 4.11. The Hall–Kier alpha value is -4.01. The van der Waals surface area contributed by atoms with Crippen LogP contribution in [0.4, 0.5) is 17.1 Å². The SMILES string of the molecule is COc1cc(NC(=O)c2ccc(CNc3c(N4CCCC4)c(=O)c3=O)cc2)cc(OC)c1OC. The van der Waals surface area contributed by atoms with Crippen molar-refractivity contribution in [2.75, 3.05) is 50.0 Å². The van der Waals surface area contributed by atoms with Gasteiger partial charge in [0.05, 0.1) is 21.3 Å². The number of hydrogen-bond acceptors (Lipinski definition) is 8. The molecule has 0 spiro atoms. The number of carbonyl (C=O) groups excluding carboxylic acids is 1. The van der Waals surface area contributed by atoms with Crippen LogP contribution in [0.15, 0.2) is 46.0 Å². The first kappa shape index (κ1) is 23.2. The van der Waals surface area contributed by atoms with Crippen molar-refractivity contribution in [2.24, 2.45) is 0 Å². The van der Waals surface area contributed by atoms with Crippen molar-refractivity contribution >= 4 is 23.0 Å². The number of anilines is 3. The van der Waals surface area contributed by atoms with Gasteiger partial charge in [0.25, 0.3) is 16.8 Å². The number of nitrogens with zero attached hydrogens (tertiary/aromatic N) is 1. The highest BCUT2D eigenvalue weighted by Gasteiger charge is 2.27. The summed E-state index contributed by atoms with van der Waals surface area (Å²) in [7, 11) is 4.53. The van der Waals surface area contributed by atoms with E-state index < -0.39 is 10.9 Å². The predicted molar refractivity (Wildman–Crippen MR) is 131 cm³/mol. The Morgan fingerprint density at radius 2 is 1.53 bits per heavy atom. The van der Waals surface area contributed by atoms with E-state index in [4.69, 9.17) is 14.2 Å². The Balaban J connectivity index is 1.42. The van der Waals surface area contributed by atoms with E-state index in [1.165, 1.54) is 21.3 Å². The highest BCUT2D eigenvalue weighted by Crippen LogP contribution is 2.40. The summed E-state index contributed by atoms with van der Waals surface area (Å²) in [5.74, 6) is 1.01. The minimum atomic E-state index is -0.469. The molecule has 1 amide bonds. The zero-order valence-corrected chi connectivity index (χ0v) is 19.4. The Bertz CT molecular complexity index is 1230. The predicted octanol–water partition coefficient (Wildman–Crippen LogP) is 2.77. The van der Waals surface area contributed by atoms with Crippen molar-refractivity contribution in [2.45, 2.75) is 19.4 Å². The van der Waals surface area contributed by atoms with Crippen molar-refractivity contribution < 1.29 is 19.0 Å². The van der Waals surface area contributed by atoms with Crippen molar-refractivity contribution in [3.05, 3.63) is 68.0 Å². The second kappa shape index (κ2) is 9.86. The fraction of sp³-hybridized carbons (Fsp3) is 0.320. The van der Waals surface area contributed by atoms with Gasteiger partial charge in [0.1, 0.15) is 11.4 Å². The molecular formula is C25H27N3O6. The summed E-state index contributed by atoms with van der Waals surface area (Å²) in [6, 6.07) is 10.3. The number of methoxy groups -OCH3 is 3. The van der Waals surface area contributed by atoms with Gasteiger partial charge in [-0.25, -0.2) is 0 Å². The molecule has 1 aliphatic rings. The van der Waals surface area contributed by atoms with Crippen LogP contribution >= 0.6 is 0 Å². The molecule has 1 heterocycles. The van der Waals surface area contributed by atoms with E-state index >= 15 is 0 Å². The van der Waals surface area contributed by atoms with E-state index in [0.29, 0.717) is 46.4 Å². The second-order valence-electron chi connectivity index (χ2n) is 7.99. The molecule has 0 radical (unpaired) electrons. The quantitative estimate of drug-likeness (QED) is 0.465.